The molecular formula is C16H13ClO3. The maximum Gasteiger partial charge on any atom is 0.335 e. The number of carboxylic acids is 1. The lowest BCUT2D eigenvalue weighted by Crippen LogP contribution is -1.97. The van der Waals surface area contributed by atoms with Crippen LogP contribution in [0.1, 0.15) is 21.5 Å². The minimum atomic E-state index is -0.964. The third kappa shape index (κ3) is 3.39. The SMILES string of the molecule is COc1ccc(C(=O)O)cc1/C=C/c1ccc(Cl)cc1. The largest absolute Gasteiger partial charge is 0.496 e. The minimum Gasteiger partial charge on any atom is -0.496 e. The quantitative estimate of drug-likeness (QED) is 0.857. The average Bonchev–Trinajstić information content (AvgIpc) is 2.46. The Morgan fingerprint density at radius 2 is 1.85 bits per heavy atom. The van der Waals surface area contributed by atoms with Crippen molar-refractivity contribution in [1.82, 2.24) is 0 Å². The zero-order valence-corrected chi connectivity index (χ0v) is 11.6. The van der Waals surface area contributed by atoms with Gasteiger partial charge in [-0.05, 0) is 35.9 Å². The summed E-state index contributed by atoms with van der Waals surface area (Å²) in [6.45, 7) is 0. The van der Waals surface area contributed by atoms with Crippen LogP contribution in [0.25, 0.3) is 12.2 Å². The lowest BCUT2D eigenvalue weighted by atomic mass is 10.1. The molecule has 0 aliphatic rings. The summed E-state index contributed by atoms with van der Waals surface area (Å²) in [5, 5.41) is 9.68. The molecule has 0 saturated carbocycles. The molecule has 0 amide bonds. The Morgan fingerprint density at radius 3 is 2.45 bits per heavy atom. The van der Waals surface area contributed by atoms with E-state index < -0.39 is 5.97 Å². The molecule has 0 aliphatic carbocycles. The fourth-order valence-corrected chi connectivity index (χ4v) is 1.88. The second-order valence-electron chi connectivity index (χ2n) is 4.15. The Balaban J connectivity index is 2.33. The zero-order chi connectivity index (χ0) is 14.5. The van der Waals surface area contributed by atoms with Gasteiger partial charge in [0, 0.05) is 10.6 Å². The van der Waals surface area contributed by atoms with Crippen LogP contribution in [-0.4, -0.2) is 18.2 Å². The van der Waals surface area contributed by atoms with Crippen LogP contribution in [0.3, 0.4) is 0 Å². The Kier molecular flexibility index (Phi) is 4.43. The summed E-state index contributed by atoms with van der Waals surface area (Å²) < 4.78 is 5.22. The molecule has 0 bridgehead atoms. The van der Waals surface area contributed by atoms with E-state index in [0.29, 0.717) is 16.3 Å². The van der Waals surface area contributed by atoms with Gasteiger partial charge >= 0.3 is 5.97 Å². The van der Waals surface area contributed by atoms with E-state index in [2.05, 4.69) is 0 Å². The topological polar surface area (TPSA) is 46.5 Å². The number of aromatic carboxylic acids is 1. The summed E-state index contributed by atoms with van der Waals surface area (Å²) in [5.41, 5.74) is 1.90. The van der Waals surface area contributed by atoms with Crippen LogP contribution in [0.4, 0.5) is 0 Å². The first-order valence-corrected chi connectivity index (χ1v) is 6.33. The van der Waals surface area contributed by atoms with E-state index in [9.17, 15) is 4.79 Å². The van der Waals surface area contributed by atoms with E-state index >= 15 is 0 Å². The van der Waals surface area contributed by atoms with Crippen molar-refractivity contribution in [3.8, 4) is 5.75 Å². The van der Waals surface area contributed by atoms with Gasteiger partial charge in [-0.25, -0.2) is 4.79 Å². The predicted octanol–water partition coefficient (Wildman–Crippen LogP) is 4.22. The normalized spacial score (nSPS) is 10.7. The van der Waals surface area contributed by atoms with Crippen molar-refractivity contribution >= 4 is 29.7 Å². The lowest BCUT2D eigenvalue weighted by molar-refractivity contribution is 0.0697. The summed E-state index contributed by atoms with van der Waals surface area (Å²) in [5.74, 6) is -0.339. The maximum atomic E-state index is 11.0. The highest BCUT2D eigenvalue weighted by molar-refractivity contribution is 6.30. The molecule has 4 heteroatoms. The van der Waals surface area contributed by atoms with Crippen molar-refractivity contribution in [2.24, 2.45) is 0 Å². The first kappa shape index (κ1) is 14.2. The van der Waals surface area contributed by atoms with Gasteiger partial charge in [-0.15, -0.1) is 0 Å². The van der Waals surface area contributed by atoms with E-state index in [4.69, 9.17) is 21.4 Å². The summed E-state index contributed by atoms with van der Waals surface area (Å²) in [6.07, 6.45) is 3.69. The standard InChI is InChI=1S/C16H13ClO3/c1-20-15-9-6-13(16(18)19)10-12(15)5-2-11-3-7-14(17)8-4-11/h2-10H,1H3,(H,18,19)/b5-2+. The second kappa shape index (κ2) is 6.26. The Morgan fingerprint density at radius 1 is 1.15 bits per heavy atom. The molecule has 0 unspecified atom stereocenters. The van der Waals surface area contributed by atoms with Gasteiger partial charge in [0.2, 0.25) is 0 Å². The number of ether oxygens (including phenoxy) is 1. The van der Waals surface area contributed by atoms with Gasteiger partial charge in [0.15, 0.2) is 0 Å². The van der Waals surface area contributed by atoms with Gasteiger partial charge in [0.25, 0.3) is 0 Å². The van der Waals surface area contributed by atoms with Crippen molar-refractivity contribution in [2.45, 2.75) is 0 Å². The molecule has 102 valence electrons. The fourth-order valence-electron chi connectivity index (χ4n) is 1.76. The molecule has 0 aromatic heterocycles. The monoisotopic (exact) mass is 288 g/mol. The molecule has 2 aromatic rings. The van der Waals surface area contributed by atoms with Gasteiger partial charge in [0.1, 0.15) is 5.75 Å². The van der Waals surface area contributed by atoms with Gasteiger partial charge in [-0.3, -0.25) is 0 Å². The highest BCUT2D eigenvalue weighted by Crippen LogP contribution is 2.22. The summed E-state index contributed by atoms with van der Waals surface area (Å²) in [6, 6.07) is 12.1. The molecule has 0 atom stereocenters. The number of rotatable bonds is 4. The number of benzene rings is 2. The lowest BCUT2D eigenvalue weighted by Gasteiger charge is -2.05. The fraction of sp³-hybridized carbons (Fsp3) is 0.0625. The highest BCUT2D eigenvalue weighted by Gasteiger charge is 2.06. The number of methoxy groups -OCH3 is 1. The van der Waals surface area contributed by atoms with Crippen molar-refractivity contribution < 1.29 is 14.6 Å². The third-order valence-corrected chi connectivity index (χ3v) is 3.05. The highest BCUT2D eigenvalue weighted by atomic mass is 35.5. The number of carboxylic acid groups (broad SMARTS) is 1. The molecule has 1 N–H and O–H groups in total. The molecule has 2 rings (SSSR count). The van der Waals surface area contributed by atoms with E-state index in [1.807, 2.05) is 24.3 Å². The molecule has 3 nitrogen and oxygen atoms in total. The van der Waals surface area contributed by atoms with Crippen molar-refractivity contribution in [3.63, 3.8) is 0 Å². The Hall–Kier alpha value is -2.26. The maximum absolute atomic E-state index is 11.0. The van der Waals surface area contributed by atoms with Gasteiger partial charge < -0.3 is 9.84 Å². The molecule has 0 spiro atoms. The van der Waals surface area contributed by atoms with Crippen molar-refractivity contribution in [3.05, 3.63) is 64.2 Å². The van der Waals surface area contributed by atoms with E-state index in [0.717, 1.165) is 5.56 Å². The predicted molar refractivity (Wildman–Crippen MR) is 80.3 cm³/mol. The molecule has 0 aliphatic heterocycles. The summed E-state index contributed by atoms with van der Waals surface area (Å²) in [7, 11) is 1.55. The number of hydrogen-bond acceptors (Lipinski definition) is 2. The van der Waals surface area contributed by atoms with Crippen LogP contribution < -0.4 is 4.74 Å². The minimum absolute atomic E-state index is 0.224. The van der Waals surface area contributed by atoms with Gasteiger partial charge in [-0.1, -0.05) is 35.9 Å². The number of carbonyl (C=O) groups is 1. The first-order valence-electron chi connectivity index (χ1n) is 5.95. The van der Waals surface area contributed by atoms with Crippen molar-refractivity contribution in [2.75, 3.05) is 7.11 Å². The smallest absolute Gasteiger partial charge is 0.335 e. The van der Waals surface area contributed by atoms with Gasteiger partial charge in [-0.2, -0.15) is 0 Å². The Labute approximate surface area is 122 Å². The molecule has 2 aromatic carbocycles. The third-order valence-electron chi connectivity index (χ3n) is 2.80. The second-order valence-corrected chi connectivity index (χ2v) is 4.58. The number of halogens is 1. The van der Waals surface area contributed by atoms with Crippen LogP contribution in [0.5, 0.6) is 5.75 Å². The molecule has 0 fully saturated rings. The molecule has 0 heterocycles. The summed E-state index contributed by atoms with van der Waals surface area (Å²) >= 11 is 5.82. The van der Waals surface area contributed by atoms with Crippen LogP contribution in [0.2, 0.25) is 5.02 Å². The number of hydrogen-bond donors (Lipinski definition) is 1. The van der Waals surface area contributed by atoms with Crippen molar-refractivity contribution in [1.29, 1.82) is 0 Å². The van der Waals surface area contributed by atoms with Crippen LogP contribution in [-0.2, 0) is 0 Å². The Bertz CT molecular complexity index is 645. The molecule has 0 radical (unpaired) electrons. The van der Waals surface area contributed by atoms with Crippen LogP contribution in [0.15, 0.2) is 42.5 Å². The van der Waals surface area contributed by atoms with Gasteiger partial charge in [0.05, 0.1) is 12.7 Å². The van der Waals surface area contributed by atoms with E-state index in [-0.39, 0.29) is 5.56 Å². The molecular weight excluding hydrogens is 276 g/mol. The first-order chi connectivity index (χ1) is 9.60. The molecule has 20 heavy (non-hydrogen) atoms. The van der Waals surface area contributed by atoms with E-state index in [1.165, 1.54) is 6.07 Å². The average molecular weight is 289 g/mol. The van der Waals surface area contributed by atoms with E-state index in [1.54, 1.807) is 31.4 Å². The zero-order valence-electron chi connectivity index (χ0n) is 10.8. The van der Waals surface area contributed by atoms with Crippen LogP contribution in [0, 0.1) is 0 Å². The molecule has 0 saturated heterocycles. The van der Waals surface area contributed by atoms with Crippen LogP contribution >= 0.6 is 11.6 Å². The summed E-state index contributed by atoms with van der Waals surface area (Å²) in [4.78, 5) is 11.0.